The van der Waals surface area contributed by atoms with E-state index in [1.807, 2.05) is 43.3 Å². The van der Waals surface area contributed by atoms with Crippen molar-refractivity contribution in [2.75, 3.05) is 0 Å². The standard InChI is InChI=1S/C24H24N2O4S/c1-16(2)14-18-8-11-20(12-9-18)31(27,28)15-19-10-13-22(29-19)24-25-23(26-30-24)21-7-5-4-6-17(21)3/h4-13,16H,14-15H2,1-3H3. The molecule has 7 heteroatoms. The lowest BCUT2D eigenvalue weighted by Crippen LogP contribution is -2.04. The van der Waals surface area contributed by atoms with Gasteiger partial charge in [0.2, 0.25) is 5.82 Å². The number of sulfone groups is 1. The summed E-state index contributed by atoms with van der Waals surface area (Å²) in [5.74, 6) is 1.59. The molecule has 160 valence electrons. The molecule has 0 unspecified atom stereocenters. The molecular weight excluding hydrogens is 412 g/mol. The Kier molecular flexibility index (Phi) is 5.78. The van der Waals surface area contributed by atoms with Crippen LogP contribution in [0.1, 0.15) is 30.7 Å². The van der Waals surface area contributed by atoms with Crippen LogP contribution in [-0.2, 0) is 22.0 Å². The highest BCUT2D eigenvalue weighted by Crippen LogP contribution is 2.27. The normalized spacial score (nSPS) is 11.9. The van der Waals surface area contributed by atoms with Crippen LogP contribution >= 0.6 is 0 Å². The van der Waals surface area contributed by atoms with Crippen molar-refractivity contribution in [3.05, 3.63) is 77.6 Å². The first-order chi connectivity index (χ1) is 14.8. The Labute approximate surface area is 181 Å². The van der Waals surface area contributed by atoms with E-state index in [1.165, 1.54) is 0 Å². The first-order valence-electron chi connectivity index (χ1n) is 10.1. The minimum atomic E-state index is -3.53. The minimum absolute atomic E-state index is 0.208. The summed E-state index contributed by atoms with van der Waals surface area (Å²) in [4.78, 5) is 4.67. The highest BCUT2D eigenvalue weighted by Gasteiger charge is 2.20. The molecule has 2 aromatic carbocycles. The number of hydrogen-bond acceptors (Lipinski definition) is 6. The third kappa shape index (κ3) is 4.77. The van der Waals surface area contributed by atoms with Crippen LogP contribution in [0, 0.1) is 12.8 Å². The molecule has 0 N–H and O–H groups in total. The highest BCUT2D eigenvalue weighted by atomic mass is 32.2. The molecule has 0 saturated heterocycles. The quantitative estimate of drug-likeness (QED) is 0.381. The van der Waals surface area contributed by atoms with Crippen molar-refractivity contribution < 1.29 is 17.4 Å². The van der Waals surface area contributed by atoms with Gasteiger partial charge in [0.25, 0.3) is 5.89 Å². The molecule has 0 atom stereocenters. The van der Waals surface area contributed by atoms with Gasteiger partial charge in [-0.2, -0.15) is 4.98 Å². The predicted molar refractivity (Wildman–Crippen MR) is 118 cm³/mol. The number of nitrogens with zero attached hydrogens (tertiary/aromatic N) is 2. The maximum absolute atomic E-state index is 12.8. The number of rotatable bonds is 7. The van der Waals surface area contributed by atoms with Gasteiger partial charge in [0.15, 0.2) is 15.6 Å². The lowest BCUT2D eigenvalue weighted by molar-refractivity contribution is 0.413. The minimum Gasteiger partial charge on any atom is -0.455 e. The monoisotopic (exact) mass is 436 g/mol. The SMILES string of the molecule is Cc1ccccc1-c1noc(-c2ccc(CS(=O)(=O)c3ccc(CC(C)C)cc3)o2)n1. The van der Waals surface area contributed by atoms with E-state index in [4.69, 9.17) is 8.94 Å². The average Bonchev–Trinajstić information content (AvgIpc) is 3.37. The third-order valence-corrected chi connectivity index (χ3v) is 6.60. The van der Waals surface area contributed by atoms with Crippen LogP contribution < -0.4 is 0 Å². The molecule has 31 heavy (non-hydrogen) atoms. The van der Waals surface area contributed by atoms with Gasteiger partial charge >= 0.3 is 0 Å². The van der Waals surface area contributed by atoms with Crippen molar-refractivity contribution in [1.82, 2.24) is 10.1 Å². The van der Waals surface area contributed by atoms with Crippen molar-refractivity contribution in [3.63, 3.8) is 0 Å². The first kappa shape index (κ1) is 21.1. The van der Waals surface area contributed by atoms with Gasteiger partial charge in [0.1, 0.15) is 11.5 Å². The van der Waals surface area contributed by atoms with Crippen LogP contribution in [0.4, 0.5) is 0 Å². The second-order valence-electron chi connectivity index (χ2n) is 8.01. The van der Waals surface area contributed by atoms with Crippen LogP contribution in [0.2, 0.25) is 0 Å². The topological polar surface area (TPSA) is 86.2 Å². The van der Waals surface area contributed by atoms with Gasteiger partial charge in [-0.25, -0.2) is 8.42 Å². The molecule has 0 spiro atoms. The van der Waals surface area contributed by atoms with Gasteiger partial charge in [0, 0.05) is 5.56 Å². The summed E-state index contributed by atoms with van der Waals surface area (Å²) < 4.78 is 36.6. The van der Waals surface area contributed by atoms with Gasteiger partial charge in [-0.15, -0.1) is 0 Å². The summed E-state index contributed by atoms with van der Waals surface area (Å²) >= 11 is 0. The van der Waals surface area contributed by atoms with E-state index in [0.29, 0.717) is 23.3 Å². The zero-order valence-corrected chi connectivity index (χ0v) is 18.5. The lowest BCUT2D eigenvalue weighted by Gasteiger charge is -2.07. The van der Waals surface area contributed by atoms with Crippen molar-refractivity contribution >= 4 is 9.84 Å². The fourth-order valence-electron chi connectivity index (χ4n) is 3.40. The number of furan rings is 1. The van der Waals surface area contributed by atoms with Crippen LogP contribution in [0.15, 0.2) is 74.5 Å². The van der Waals surface area contributed by atoms with Crippen LogP contribution in [0.3, 0.4) is 0 Å². The molecular formula is C24H24N2O4S. The fourth-order valence-corrected chi connectivity index (χ4v) is 4.65. The second-order valence-corrected chi connectivity index (χ2v) is 9.99. The molecule has 0 radical (unpaired) electrons. The third-order valence-electron chi connectivity index (χ3n) is 4.94. The first-order valence-corrected chi connectivity index (χ1v) is 11.8. The van der Waals surface area contributed by atoms with Crippen molar-refractivity contribution in [1.29, 1.82) is 0 Å². The molecule has 0 amide bonds. The van der Waals surface area contributed by atoms with Gasteiger partial charge < -0.3 is 8.94 Å². The van der Waals surface area contributed by atoms with Crippen LogP contribution in [0.5, 0.6) is 0 Å². The predicted octanol–water partition coefficient (Wildman–Crippen LogP) is 5.48. The Bertz CT molecular complexity index is 1290. The van der Waals surface area contributed by atoms with Crippen molar-refractivity contribution in [2.45, 2.75) is 37.8 Å². The molecule has 4 rings (SSSR count). The largest absolute Gasteiger partial charge is 0.455 e. The fraction of sp³-hybridized carbons (Fsp3) is 0.250. The molecule has 0 aliphatic carbocycles. The van der Waals surface area contributed by atoms with E-state index in [1.54, 1.807) is 24.3 Å². The van der Waals surface area contributed by atoms with Gasteiger partial charge in [-0.3, -0.25) is 0 Å². The van der Waals surface area contributed by atoms with E-state index in [-0.39, 0.29) is 16.5 Å². The summed E-state index contributed by atoms with van der Waals surface area (Å²) in [7, 11) is -3.53. The molecule has 0 aliphatic rings. The summed E-state index contributed by atoms with van der Waals surface area (Å²) in [6.45, 7) is 6.23. The Balaban J connectivity index is 1.51. The Morgan fingerprint density at radius 3 is 2.42 bits per heavy atom. The Hall–Kier alpha value is -3.19. The zero-order valence-electron chi connectivity index (χ0n) is 17.7. The van der Waals surface area contributed by atoms with E-state index in [0.717, 1.165) is 23.1 Å². The van der Waals surface area contributed by atoms with Crippen LogP contribution in [-0.4, -0.2) is 18.6 Å². The molecule has 6 nitrogen and oxygen atoms in total. The van der Waals surface area contributed by atoms with Crippen molar-refractivity contribution in [2.24, 2.45) is 5.92 Å². The average molecular weight is 437 g/mol. The maximum atomic E-state index is 12.8. The summed E-state index contributed by atoms with van der Waals surface area (Å²) in [5, 5.41) is 4.02. The van der Waals surface area contributed by atoms with E-state index < -0.39 is 9.84 Å². The molecule has 0 bridgehead atoms. The zero-order chi connectivity index (χ0) is 22.0. The summed E-state index contributed by atoms with van der Waals surface area (Å²) in [6, 6.07) is 18.0. The lowest BCUT2D eigenvalue weighted by atomic mass is 10.0. The molecule has 0 aliphatic heterocycles. The Morgan fingerprint density at radius 2 is 1.71 bits per heavy atom. The highest BCUT2D eigenvalue weighted by molar-refractivity contribution is 7.90. The van der Waals surface area contributed by atoms with E-state index in [9.17, 15) is 8.42 Å². The number of aromatic nitrogens is 2. The summed E-state index contributed by atoms with van der Waals surface area (Å²) in [5.41, 5.74) is 3.02. The molecule has 2 aromatic heterocycles. The Morgan fingerprint density at radius 1 is 0.968 bits per heavy atom. The van der Waals surface area contributed by atoms with Crippen molar-refractivity contribution in [3.8, 4) is 23.0 Å². The number of hydrogen-bond donors (Lipinski definition) is 0. The van der Waals surface area contributed by atoms with E-state index in [2.05, 4.69) is 24.0 Å². The van der Waals surface area contributed by atoms with Gasteiger partial charge in [-0.1, -0.05) is 55.4 Å². The van der Waals surface area contributed by atoms with E-state index >= 15 is 0 Å². The van der Waals surface area contributed by atoms with Gasteiger partial charge in [-0.05, 0) is 54.7 Å². The van der Waals surface area contributed by atoms with Gasteiger partial charge in [0.05, 0.1) is 4.90 Å². The van der Waals surface area contributed by atoms with Crippen LogP contribution in [0.25, 0.3) is 23.0 Å². The smallest absolute Gasteiger partial charge is 0.293 e. The molecule has 2 heterocycles. The number of benzene rings is 2. The molecule has 4 aromatic rings. The maximum Gasteiger partial charge on any atom is 0.293 e. The second kappa shape index (κ2) is 8.51. The summed E-state index contributed by atoms with van der Waals surface area (Å²) in [6.07, 6.45) is 0.913. The number of aryl methyl sites for hydroxylation is 1. The molecule has 0 fully saturated rings. The molecule has 0 saturated carbocycles.